The predicted octanol–water partition coefficient (Wildman–Crippen LogP) is 1.46. The number of hydrogen-bond donors (Lipinski definition) is 1. The summed E-state index contributed by atoms with van der Waals surface area (Å²) >= 11 is 3.21. The van der Waals surface area contributed by atoms with Gasteiger partial charge in [-0.05, 0) is 22.4 Å². The van der Waals surface area contributed by atoms with Crippen LogP contribution in [0.4, 0.5) is 5.69 Å². The van der Waals surface area contributed by atoms with Crippen LogP contribution in [0, 0.1) is 24.7 Å². The van der Waals surface area contributed by atoms with Crippen molar-refractivity contribution in [3.8, 4) is 24.7 Å². The van der Waals surface area contributed by atoms with E-state index in [1.807, 2.05) is 6.92 Å². The average molecular weight is 294 g/mol. The first-order chi connectivity index (χ1) is 8.13. The first-order valence-electron chi connectivity index (χ1n) is 5.05. The van der Waals surface area contributed by atoms with Crippen LogP contribution in [0.5, 0.6) is 0 Å². The van der Waals surface area contributed by atoms with Gasteiger partial charge in [0.25, 0.3) is 5.56 Å². The molecular weight excluding hydrogens is 282 g/mol. The first kappa shape index (κ1) is 13.3. The Morgan fingerprint density at radius 1 is 1.65 bits per heavy atom. The van der Waals surface area contributed by atoms with Gasteiger partial charge in [-0.2, -0.15) is 5.10 Å². The van der Waals surface area contributed by atoms with Crippen molar-refractivity contribution in [2.24, 2.45) is 0 Å². The molecule has 0 amide bonds. The fourth-order valence-corrected chi connectivity index (χ4v) is 1.64. The fourth-order valence-electron chi connectivity index (χ4n) is 1.21. The van der Waals surface area contributed by atoms with E-state index in [-0.39, 0.29) is 18.1 Å². The molecule has 88 valence electrons. The normalized spacial score (nSPS) is 11.3. The van der Waals surface area contributed by atoms with E-state index in [0.717, 1.165) is 6.42 Å². The van der Waals surface area contributed by atoms with Crippen molar-refractivity contribution in [2.75, 3.05) is 5.32 Å². The molecule has 1 aromatic rings. The fraction of sp³-hybridized carbons (Fsp3) is 0.333. The monoisotopic (exact) mass is 293 g/mol. The largest absolute Gasteiger partial charge is 0.369 e. The lowest BCUT2D eigenvalue weighted by molar-refractivity contribution is 0.658. The number of nitrogens with zero attached hydrogens (tertiary/aromatic N) is 2. The molecule has 0 aliphatic carbocycles. The minimum atomic E-state index is -0.278. The van der Waals surface area contributed by atoms with Gasteiger partial charge < -0.3 is 5.32 Å². The summed E-state index contributed by atoms with van der Waals surface area (Å²) in [6.07, 6.45) is 12.8. The highest BCUT2D eigenvalue weighted by molar-refractivity contribution is 9.10. The molecule has 17 heavy (non-hydrogen) atoms. The highest BCUT2D eigenvalue weighted by Gasteiger charge is 2.10. The van der Waals surface area contributed by atoms with E-state index >= 15 is 0 Å². The van der Waals surface area contributed by atoms with Crippen LogP contribution >= 0.6 is 15.9 Å². The Kier molecular flexibility index (Phi) is 4.81. The number of nitrogens with one attached hydrogen (secondary N) is 1. The van der Waals surface area contributed by atoms with Crippen molar-refractivity contribution < 1.29 is 0 Å². The summed E-state index contributed by atoms with van der Waals surface area (Å²) in [5, 5.41) is 7.00. The van der Waals surface area contributed by atoms with Gasteiger partial charge in [0.2, 0.25) is 0 Å². The number of aromatic nitrogens is 2. The molecule has 5 heteroatoms. The summed E-state index contributed by atoms with van der Waals surface area (Å²) in [5.41, 5.74) is 0.299. The maximum Gasteiger partial charge on any atom is 0.284 e. The zero-order valence-electron chi connectivity index (χ0n) is 9.40. The molecule has 0 radical (unpaired) electrons. The SMILES string of the molecule is C#CCn1ncc(NC(C#C)CC)c(Br)c1=O. The quantitative estimate of drug-likeness (QED) is 0.855. The van der Waals surface area contributed by atoms with Crippen molar-refractivity contribution >= 4 is 21.6 Å². The Bertz CT molecular complexity index is 536. The average Bonchev–Trinajstić information content (AvgIpc) is 2.34. The van der Waals surface area contributed by atoms with Gasteiger partial charge in [0.15, 0.2) is 0 Å². The molecule has 1 N–H and O–H groups in total. The van der Waals surface area contributed by atoms with E-state index in [4.69, 9.17) is 12.8 Å². The molecule has 0 fully saturated rings. The minimum absolute atomic E-state index is 0.129. The Morgan fingerprint density at radius 2 is 2.35 bits per heavy atom. The van der Waals surface area contributed by atoms with Gasteiger partial charge >= 0.3 is 0 Å². The second-order valence-corrected chi connectivity index (χ2v) is 4.10. The van der Waals surface area contributed by atoms with Crippen molar-refractivity contribution in [1.82, 2.24) is 9.78 Å². The Morgan fingerprint density at radius 3 is 2.88 bits per heavy atom. The highest BCUT2D eigenvalue weighted by atomic mass is 79.9. The zero-order chi connectivity index (χ0) is 12.8. The Hall–Kier alpha value is -1.72. The third-order valence-electron chi connectivity index (χ3n) is 2.17. The number of anilines is 1. The third kappa shape index (κ3) is 3.12. The van der Waals surface area contributed by atoms with Gasteiger partial charge in [-0.3, -0.25) is 4.79 Å². The molecular formula is C12H12BrN3O. The van der Waals surface area contributed by atoms with Crippen molar-refractivity contribution in [3.63, 3.8) is 0 Å². The van der Waals surface area contributed by atoms with E-state index in [0.29, 0.717) is 10.2 Å². The summed E-state index contributed by atoms with van der Waals surface area (Å²) in [4.78, 5) is 11.8. The van der Waals surface area contributed by atoms with Crippen LogP contribution in [-0.4, -0.2) is 15.8 Å². The van der Waals surface area contributed by atoms with Crippen LogP contribution in [0.25, 0.3) is 0 Å². The Labute approximate surface area is 109 Å². The molecule has 1 rings (SSSR count). The summed E-state index contributed by atoms with van der Waals surface area (Å²) in [6, 6.07) is -0.129. The molecule has 1 heterocycles. The van der Waals surface area contributed by atoms with E-state index in [9.17, 15) is 4.79 Å². The minimum Gasteiger partial charge on any atom is -0.369 e. The lowest BCUT2D eigenvalue weighted by Gasteiger charge is -2.13. The Balaban J connectivity index is 3.06. The summed E-state index contributed by atoms with van der Waals surface area (Å²) in [6.45, 7) is 2.10. The van der Waals surface area contributed by atoms with Crippen LogP contribution < -0.4 is 10.9 Å². The van der Waals surface area contributed by atoms with Crippen LogP contribution in [0.1, 0.15) is 13.3 Å². The van der Waals surface area contributed by atoms with Gasteiger partial charge in [0.1, 0.15) is 11.0 Å². The van der Waals surface area contributed by atoms with Gasteiger partial charge in [-0.25, -0.2) is 4.68 Å². The summed E-state index contributed by atoms with van der Waals surface area (Å²) in [7, 11) is 0. The molecule has 1 unspecified atom stereocenters. The molecule has 1 aromatic heterocycles. The van der Waals surface area contributed by atoms with E-state index in [1.54, 1.807) is 0 Å². The van der Waals surface area contributed by atoms with E-state index < -0.39 is 0 Å². The number of hydrogen-bond acceptors (Lipinski definition) is 3. The van der Waals surface area contributed by atoms with Crippen LogP contribution in [0.15, 0.2) is 15.5 Å². The molecule has 0 bridgehead atoms. The molecule has 4 nitrogen and oxygen atoms in total. The second-order valence-electron chi connectivity index (χ2n) is 3.31. The van der Waals surface area contributed by atoms with E-state index in [1.165, 1.54) is 10.9 Å². The van der Waals surface area contributed by atoms with Crippen LogP contribution in [0.2, 0.25) is 0 Å². The number of rotatable bonds is 4. The molecule has 1 atom stereocenters. The lowest BCUT2D eigenvalue weighted by Crippen LogP contribution is -2.26. The summed E-state index contributed by atoms with van der Waals surface area (Å²) in [5.74, 6) is 4.95. The highest BCUT2D eigenvalue weighted by Crippen LogP contribution is 2.17. The lowest BCUT2D eigenvalue weighted by atomic mass is 10.2. The van der Waals surface area contributed by atoms with Gasteiger partial charge in [-0.1, -0.05) is 18.8 Å². The molecule has 0 spiro atoms. The third-order valence-corrected chi connectivity index (χ3v) is 2.93. The maximum absolute atomic E-state index is 11.8. The van der Waals surface area contributed by atoms with Gasteiger partial charge in [-0.15, -0.1) is 12.8 Å². The smallest absolute Gasteiger partial charge is 0.284 e. The van der Waals surface area contributed by atoms with Gasteiger partial charge in [0, 0.05) is 0 Å². The molecule has 0 aliphatic rings. The topological polar surface area (TPSA) is 46.9 Å². The van der Waals surface area contributed by atoms with Crippen LogP contribution in [0.3, 0.4) is 0 Å². The van der Waals surface area contributed by atoms with Crippen molar-refractivity contribution in [2.45, 2.75) is 25.9 Å². The van der Waals surface area contributed by atoms with Crippen molar-refractivity contribution in [3.05, 3.63) is 21.0 Å². The predicted molar refractivity (Wildman–Crippen MR) is 71.6 cm³/mol. The van der Waals surface area contributed by atoms with Gasteiger partial charge in [0.05, 0.1) is 17.9 Å². The molecule has 0 saturated heterocycles. The summed E-state index contributed by atoms with van der Waals surface area (Å²) < 4.78 is 1.59. The number of halogens is 1. The maximum atomic E-state index is 11.8. The van der Waals surface area contributed by atoms with Crippen LogP contribution in [-0.2, 0) is 6.54 Å². The molecule has 0 aliphatic heterocycles. The second kappa shape index (κ2) is 6.12. The van der Waals surface area contributed by atoms with Crippen molar-refractivity contribution in [1.29, 1.82) is 0 Å². The molecule has 0 aromatic carbocycles. The standard InChI is InChI=1S/C12H12BrN3O/c1-4-7-16-12(17)11(13)10(8-14-16)15-9(5-2)6-3/h1-2,8-9,15H,6-7H2,3H3. The number of terminal acetylenes is 2. The first-order valence-corrected chi connectivity index (χ1v) is 5.85. The zero-order valence-corrected chi connectivity index (χ0v) is 11.0. The van der Waals surface area contributed by atoms with E-state index in [2.05, 4.69) is 38.2 Å². The molecule has 0 saturated carbocycles.